The Balaban J connectivity index is 2.08. The van der Waals surface area contributed by atoms with Crippen molar-refractivity contribution in [2.75, 3.05) is 0 Å². The van der Waals surface area contributed by atoms with Gasteiger partial charge in [-0.15, -0.1) is 0 Å². The van der Waals surface area contributed by atoms with Gasteiger partial charge in [-0.25, -0.2) is 4.68 Å². The topological polar surface area (TPSA) is 47.8 Å². The summed E-state index contributed by atoms with van der Waals surface area (Å²) in [7, 11) is 0. The van der Waals surface area contributed by atoms with Gasteiger partial charge in [0.05, 0.1) is 12.7 Å². The normalized spacial score (nSPS) is 10.7. The van der Waals surface area contributed by atoms with Gasteiger partial charge in [-0.05, 0) is 17.7 Å². The molecule has 4 heteroatoms. The molecule has 0 bridgehead atoms. The van der Waals surface area contributed by atoms with E-state index >= 15 is 0 Å². The zero-order valence-corrected chi connectivity index (χ0v) is 9.65. The lowest BCUT2D eigenvalue weighted by molar-refractivity contribution is 0.646. The molecule has 0 spiro atoms. The fourth-order valence-corrected chi connectivity index (χ4v) is 1.88. The van der Waals surface area contributed by atoms with Crippen molar-refractivity contribution >= 4 is 10.9 Å². The highest BCUT2D eigenvalue weighted by atomic mass is 16.1. The van der Waals surface area contributed by atoms with E-state index in [4.69, 9.17) is 0 Å². The summed E-state index contributed by atoms with van der Waals surface area (Å²) in [5, 5.41) is 4.94. The first-order valence-corrected chi connectivity index (χ1v) is 5.69. The maximum atomic E-state index is 12.2. The predicted molar refractivity (Wildman–Crippen MR) is 69.3 cm³/mol. The fraction of sp³-hybridized carbons (Fsp3) is 0.0714. The van der Waals surface area contributed by atoms with Crippen LogP contribution in [0.4, 0.5) is 0 Å². The molecule has 0 aliphatic rings. The van der Waals surface area contributed by atoms with Gasteiger partial charge in [0.1, 0.15) is 5.52 Å². The molecular formula is C14H11N3O. The monoisotopic (exact) mass is 237 g/mol. The van der Waals surface area contributed by atoms with Gasteiger partial charge >= 0.3 is 0 Å². The second-order valence-corrected chi connectivity index (χ2v) is 4.03. The van der Waals surface area contributed by atoms with Crippen molar-refractivity contribution in [1.29, 1.82) is 0 Å². The lowest BCUT2D eigenvalue weighted by Crippen LogP contribution is -2.23. The predicted octanol–water partition coefficient (Wildman–Crippen LogP) is 1.84. The van der Waals surface area contributed by atoms with E-state index in [1.807, 2.05) is 36.4 Å². The van der Waals surface area contributed by atoms with E-state index in [-0.39, 0.29) is 5.56 Å². The quantitative estimate of drug-likeness (QED) is 0.683. The van der Waals surface area contributed by atoms with Gasteiger partial charge in [0.2, 0.25) is 0 Å². The molecule has 4 nitrogen and oxygen atoms in total. The van der Waals surface area contributed by atoms with Crippen molar-refractivity contribution in [1.82, 2.24) is 14.8 Å². The zero-order chi connectivity index (χ0) is 12.4. The van der Waals surface area contributed by atoms with Crippen LogP contribution >= 0.6 is 0 Å². The Labute approximate surface area is 104 Å². The first kappa shape index (κ1) is 10.7. The smallest absolute Gasteiger partial charge is 0.265 e. The zero-order valence-electron chi connectivity index (χ0n) is 9.65. The third kappa shape index (κ3) is 1.88. The van der Waals surface area contributed by atoms with Crippen LogP contribution in [0.25, 0.3) is 10.9 Å². The van der Waals surface area contributed by atoms with Crippen molar-refractivity contribution in [3.05, 3.63) is 70.8 Å². The highest BCUT2D eigenvalue weighted by Gasteiger charge is 2.04. The first-order chi connectivity index (χ1) is 8.84. The molecule has 0 N–H and O–H groups in total. The Hall–Kier alpha value is -2.49. The summed E-state index contributed by atoms with van der Waals surface area (Å²) in [6, 6.07) is 13.4. The average Bonchev–Trinajstić information content (AvgIpc) is 2.43. The molecule has 3 aromatic rings. The largest absolute Gasteiger partial charge is 0.293 e. The summed E-state index contributed by atoms with van der Waals surface area (Å²) in [6.07, 6.45) is 3.29. The number of benzene rings is 1. The van der Waals surface area contributed by atoms with Crippen LogP contribution in [0, 0.1) is 0 Å². The summed E-state index contributed by atoms with van der Waals surface area (Å²) >= 11 is 0. The highest BCUT2D eigenvalue weighted by Crippen LogP contribution is 2.04. The maximum Gasteiger partial charge on any atom is 0.293 e. The summed E-state index contributed by atoms with van der Waals surface area (Å²) < 4.78 is 1.44. The second kappa shape index (κ2) is 4.41. The lowest BCUT2D eigenvalue weighted by Gasteiger charge is -2.05. The van der Waals surface area contributed by atoms with Crippen molar-refractivity contribution in [3.8, 4) is 0 Å². The van der Waals surface area contributed by atoms with Crippen LogP contribution in [0.2, 0.25) is 0 Å². The van der Waals surface area contributed by atoms with Gasteiger partial charge in [0.25, 0.3) is 5.56 Å². The second-order valence-electron chi connectivity index (χ2n) is 4.03. The Morgan fingerprint density at radius 1 is 1.06 bits per heavy atom. The van der Waals surface area contributed by atoms with Crippen LogP contribution in [-0.4, -0.2) is 14.8 Å². The molecule has 0 aliphatic heterocycles. The number of fused-ring (bicyclic) bond motifs is 1. The van der Waals surface area contributed by atoms with Gasteiger partial charge in [0, 0.05) is 11.6 Å². The molecule has 0 aliphatic carbocycles. The molecule has 0 radical (unpaired) electrons. The van der Waals surface area contributed by atoms with E-state index in [1.165, 1.54) is 4.68 Å². The SMILES string of the molecule is O=c1c2ncccc2cnn1Cc1ccccc1. The Bertz CT molecular complexity index is 735. The van der Waals surface area contributed by atoms with E-state index in [1.54, 1.807) is 18.5 Å². The van der Waals surface area contributed by atoms with Crippen LogP contribution in [-0.2, 0) is 6.54 Å². The molecule has 2 aromatic heterocycles. The minimum Gasteiger partial charge on any atom is -0.265 e. The van der Waals surface area contributed by atoms with Gasteiger partial charge in [-0.3, -0.25) is 9.78 Å². The number of pyridine rings is 1. The van der Waals surface area contributed by atoms with Crippen molar-refractivity contribution in [2.24, 2.45) is 0 Å². The molecule has 1 aromatic carbocycles. The summed E-state index contributed by atoms with van der Waals surface area (Å²) in [5.41, 5.74) is 1.35. The van der Waals surface area contributed by atoms with E-state index < -0.39 is 0 Å². The Morgan fingerprint density at radius 3 is 2.72 bits per heavy atom. The van der Waals surface area contributed by atoms with Gasteiger partial charge < -0.3 is 0 Å². The molecule has 88 valence electrons. The molecule has 18 heavy (non-hydrogen) atoms. The molecule has 0 atom stereocenters. The van der Waals surface area contributed by atoms with Gasteiger partial charge in [-0.2, -0.15) is 5.10 Å². The van der Waals surface area contributed by atoms with Crippen LogP contribution in [0.1, 0.15) is 5.56 Å². The molecule has 0 fully saturated rings. The highest BCUT2D eigenvalue weighted by molar-refractivity contribution is 5.75. The van der Waals surface area contributed by atoms with E-state index in [9.17, 15) is 4.79 Å². The summed E-state index contributed by atoms with van der Waals surface area (Å²) in [5.74, 6) is 0. The molecule has 0 amide bonds. The van der Waals surface area contributed by atoms with E-state index in [0.29, 0.717) is 12.1 Å². The van der Waals surface area contributed by atoms with Crippen molar-refractivity contribution < 1.29 is 0 Å². The maximum absolute atomic E-state index is 12.2. The number of rotatable bonds is 2. The van der Waals surface area contributed by atoms with Crippen LogP contribution < -0.4 is 5.56 Å². The molecular weight excluding hydrogens is 226 g/mol. The Morgan fingerprint density at radius 2 is 1.89 bits per heavy atom. The van der Waals surface area contributed by atoms with Gasteiger partial charge in [0.15, 0.2) is 0 Å². The number of aromatic nitrogens is 3. The first-order valence-electron chi connectivity index (χ1n) is 5.69. The molecule has 0 unspecified atom stereocenters. The van der Waals surface area contributed by atoms with Crippen molar-refractivity contribution in [3.63, 3.8) is 0 Å². The third-order valence-corrected chi connectivity index (χ3v) is 2.79. The lowest BCUT2D eigenvalue weighted by atomic mass is 10.2. The minimum atomic E-state index is -0.156. The van der Waals surface area contributed by atoms with Crippen LogP contribution in [0.15, 0.2) is 59.7 Å². The number of hydrogen-bond donors (Lipinski definition) is 0. The molecule has 0 saturated heterocycles. The Kier molecular flexibility index (Phi) is 2.61. The van der Waals surface area contributed by atoms with Gasteiger partial charge in [-0.1, -0.05) is 30.3 Å². The molecule has 2 heterocycles. The van der Waals surface area contributed by atoms with Crippen LogP contribution in [0.3, 0.4) is 0 Å². The summed E-state index contributed by atoms with van der Waals surface area (Å²) in [4.78, 5) is 16.3. The molecule has 3 rings (SSSR count). The van der Waals surface area contributed by atoms with E-state index in [0.717, 1.165) is 10.9 Å². The third-order valence-electron chi connectivity index (χ3n) is 2.79. The van der Waals surface area contributed by atoms with Crippen LogP contribution in [0.5, 0.6) is 0 Å². The standard InChI is InChI=1S/C14H11N3O/c18-14-13-12(7-4-8-15-13)9-16-17(14)10-11-5-2-1-3-6-11/h1-9H,10H2. The number of nitrogens with zero attached hydrogens (tertiary/aromatic N) is 3. The summed E-state index contributed by atoms with van der Waals surface area (Å²) in [6.45, 7) is 0.464. The van der Waals surface area contributed by atoms with Crippen molar-refractivity contribution in [2.45, 2.75) is 6.54 Å². The fourth-order valence-electron chi connectivity index (χ4n) is 1.88. The molecule has 0 saturated carbocycles. The minimum absolute atomic E-state index is 0.156. The van der Waals surface area contributed by atoms with E-state index in [2.05, 4.69) is 10.1 Å². The number of hydrogen-bond acceptors (Lipinski definition) is 3. The average molecular weight is 237 g/mol.